The molecule has 2 fully saturated rings. The van der Waals surface area contributed by atoms with Gasteiger partial charge in [-0.2, -0.15) is 11.8 Å². The van der Waals surface area contributed by atoms with Gasteiger partial charge in [0, 0.05) is 37.8 Å². The van der Waals surface area contributed by atoms with Gasteiger partial charge >= 0.3 is 0 Å². The zero-order valence-electron chi connectivity index (χ0n) is 13.3. The molecule has 0 aromatic carbocycles. The number of carbonyl (C=O) groups is 1. The predicted molar refractivity (Wildman–Crippen MR) is 88.2 cm³/mol. The van der Waals surface area contributed by atoms with E-state index < -0.39 is 0 Å². The molecule has 2 unspecified atom stereocenters. The van der Waals surface area contributed by atoms with Crippen LogP contribution in [-0.2, 0) is 16.0 Å². The number of furan rings is 1. The summed E-state index contributed by atoms with van der Waals surface area (Å²) in [5.41, 5.74) is 0. The summed E-state index contributed by atoms with van der Waals surface area (Å²) in [5, 5.41) is 0. The first-order valence-corrected chi connectivity index (χ1v) is 9.42. The van der Waals surface area contributed by atoms with Crippen molar-refractivity contribution in [2.24, 2.45) is 0 Å². The average Bonchev–Trinajstić information content (AvgIpc) is 3.24. The Balaban J connectivity index is 1.58. The molecule has 1 aromatic rings. The molecule has 0 spiro atoms. The highest BCUT2D eigenvalue weighted by atomic mass is 32.2. The molecule has 2 aliphatic heterocycles. The van der Waals surface area contributed by atoms with E-state index in [0.717, 1.165) is 55.4 Å². The predicted octanol–water partition coefficient (Wildman–Crippen LogP) is 3.03. The smallest absolute Gasteiger partial charge is 0.223 e. The Hall–Kier alpha value is -0.940. The molecule has 0 N–H and O–H groups in total. The number of ether oxygens (including phenoxy) is 1. The number of amides is 1. The van der Waals surface area contributed by atoms with Gasteiger partial charge in [-0.3, -0.25) is 4.79 Å². The molecule has 1 aromatic heterocycles. The Kier molecular flexibility index (Phi) is 5.47. The lowest BCUT2D eigenvalue weighted by Crippen LogP contribution is -2.44. The lowest BCUT2D eigenvalue weighted by molar-refractivity contribution is -0.134. The summed E-state index contributed by atoms with van der Waals surface area (Å²) < 4.78 is 11.3. The van der Waals surface area contributed by atoms with Crippen LogP contribution in [0, 0.1) is 6.92 Å². The van der Waals surface area contributed by atoms with Crippen LogP contribution in [0.15, 0.2) is 16.5 Å². The molecule has 0 bridgehead atoms. The number of nitrogens with zero attached hydrogens (tertiary/aromatic N) is 1. The quantitative estimate of drug-likeness (QED) is 0.807. The van der Waals surface area contributed by atoms with Crippen molar-refractivity contribution in [3.63, 3.8) is 0 Å². The molecule has 5 heteroatoms. The van der Waals surface area contributed by atoms with E-state index in [4.69, 9.17) is 9.15 Å². The molecular formula is C17H25NO3S. The molecule has 0 saturated carbocycles. The lowest BCUT2D eigenvalue weighted by Gasteiger charge is -2.30. The summed E-state index contributed by atoms with van der Waals surface area (Å²) in [5.74, 6) is 4.29. The van der Waals surface area contributed by atoms with E-state index in [1.165, 1.54) is 0 Å². The fraction of sp³-hybridized carbons (Fsp3) is 0.706. The number of aryl methyl sites for hydroxylation is 2. The van der Waals surface area contributed by atoms with Crippen LogP contribution < -0.4 is 0 Å². The number of hydrogen-bond donors (Lipinski definition) is 0. The Bertz CT molecular complexity index is 490. The van der Waals surface area contributed by atoms with Gasteiger partial charge in [0.1, 0.15) is 11.5 Å². The van der Waals surface area contributed by atoms with Gasteiger partial charge in [-0.15, -0.1) is 0 Å². The van der Waals surface area contributed by atoms with Crippen LogP contribution in [0.5, 0.6) is 0 Å². The number of hydrogen-bond acceptors (Lipinski definition) is 4. The van der Waals surface area contributed by atoms with Crippen molar-refractivity contribution in [3.05, 3.63) is 23.7 Å². The first-order valence-electron chi connectivity index (χ1n) is 8.26. The van der Waals surface area contributed by atoms with Gasteiger partial charge in [-0.1, -0.05) is 0 Å². The van der Waals surface area contributed by atoms with Gasteiger partial charge in [0.2, 0.25) is 5.91 Å². The third-order valence-electron chi connectivity index (χ3n) is 4.47. The summed E-state index contributed by atoms with van der Waals surface area (Å²) in [4.78, 5) is 14.8. The molecule has 4 nitrogen and oxygen atoms in total. The topological polar surface area (TPSA) is 42.7 Å². The van der Waals surface area contributed by atoms with Gasteiger partial charge in [0.25, 0.3) is 0 Å². The van der Waals surface area contributed by atoms with Gasteiger partial charge in [0.05, 0.1) is 6.10 Å². The van der Waals surface area contributed by atoms with Crippen molar-refractivity contribution in [1.29, 1.82) is 0 Å². The van der Waals surface area contributed by atoms with Crippen LogP contribution in [0.1, 0.15) is 37.2 Å². The van der Waals surface area contributed by atoms with Crippen LogP contribution in [0.2, 0.25) is 0 Å². The molecule has 0 aliphatic carbocycles. The molecule has 1 amide bonds. The highest BCUT2D eigenvalue weighted by molar-refractivity contribution is 7.99. The molecule has 3 heterocycles. The molecule has 2 aliphatic rings. The Labute approximate surface area is 136 Å². The van der Waals surface area contributed by atoms with Crippen molar-refractivity contribution >= 4 is 17.7 Å². The summed E-state index contributed by atoms with van der Waals surface area (Å²) in [6.45, 7) is 3.55. The van der Waals surface area contributed by atoms with Crippen molar-refractivity contribution in [2.75, 3.05) is 24.7 Å². The zero-order chi connectivity index (χ0) is 15.4. The number of rotatable bonds is 6. The third-order valence-corrected chi connectivity index (χ3v) is 5.62. The number of carbonyl (C=O) groups excluding carboxylic acids is 1. The second-order valence-corrected chi connectivity index (χ2v) is 7.36. The zero-order valence-corrected chi connectivity index (χ0v) is 14.1. The van der Waals surface area contributed by atoms with Crippen molar-refractivity contribution in [2.45, 2.75) is 51.2 Å². The average molecular weight is 323 g/mol. The van der Waals surface area contributed by atoms with E-state index in [9.17, 15) is 4.79 Å². The van der Waals surface area contributed by atoms with Crippen LogP contribution >= 0.6 is 11.8 Å². The van der Waals surface area contributed by atoms with Gasteiger partial charge in [-0.25, -0.2) is 0 Å². The van der Waals surface area contributed by atoms with E-state index in [0.29, 0.717) is 18.9 Å². The second kappa shape index (κ2) is 7.55. The molecular weight excluding hydrogens is 298 g/mol. The van der Waals surface area contributed by atoms with E-state index in [2.05, 4.69) is 4.90 Å². The van der Waals surface area contributed by atoms with Crippen LogP contribution in [-0.4, -0.2) is 47.6 Å². The maximum atomic E-state index is 12.7. The van der Waals surface area contributed by atoms with Crippen LogP contribution in [0.25, 0.3) is 0 Å². The normalized spacial score (nSPS) is 24.8. The van der Waals surface area contributed by atoms with Gasteiger partial charge in [0.15, 0.2) is 0 Å². The highest BCUT2D eigenvalue weighted by Gasteiger charge is 2.30. The summed E-state index contributed by atoms with van der Waals surface area (Å²) >= 11 is 1.95. The molecule has 2 atom stereocenters. The molecule has 22 heavy (non-hydrogen) atoms. The summed E-state index contributed by atoms with van der Waals surface area (Å²) in [6, 6.07) is 4.32. The Morgan fingerprint density at radius 3 is 2.95 bits per heavy atom. The molecule has 3 rings (SSSR count). The lowest BCUT2D eigenvalue weighted by atomic mass is 10.1. The maximum Gasteiger partial charge on any atom is 0.223 e. The van der Waals surface area contributed by atoms with Gasteiger partial charge < -0.3 is 14.1 Å². The van der Waals surface area contributed by atoms with E-state index in [1.54, 1.807) is 0 Å². The second-order valence-electron chi connectivity index (χ2n) is 6.21. The molecule has 2 saturated heterocycles. The Morgan fingerprint density at radius 1 is 1.41 bits per heavy atom. The van der Waals surface area contributed by atoms with Crippen molar-refractivity contribution in [3.8, 4) is 0 Å². The molecule has 122 valence electrons. The maximum absolute atomic E-state index is 12.7. The van der Waals surface area contributed by atoms with Crippen LogP contribution in [0.4, 0.5) is 0 Å². The summed E-state index contributed by atoms with van der Waals surface area (Å²) in [6.07, 6.45) is 4.78. The van der Waals surface area contributed by atoms with E-state index in [1.807, 2.05) is 30.8 Å². The minimum atomic E-state index is 0.236. The third kappa shape index (κ3) is 4.07. The summed E-state index contributed by atoms with van der Waals surface area (Å²) in [7, 11) is 0. The van der Waals surface area contributed by atoms with Crippen molar-refractivity contribution < 1.29 is 13.9 Å². The van der Waals surface area contributed by atoms with E-state index >= 15 is 0 Å². The molecule has 0 radical (unpaired) electrons. The monoisotopic (exact) mass is 323 g/mol. The Morgan fingerprint density at radius 2 is 2.32 bits per heavy atom. The van der Waals surface area contributed by atoms with E-state index in [-0.39, 0.29) is 12.0 Å². The van der Waals surface area contributed by atoms with Gasteiger partial charge in [-0.05, 0) is 44.1 Å². The number of thioether (sulfide) groups is 1. The largest absolute Gasteiger partial charge is 0.466 e. The van der Waals surface area contributed by atoms with Crippen LogP contribution in [0.3, 0.4) is 0 Å². The fourth-order valence-corrected chi connectivity index (χ4v) is 4.45. The minimum Gasteiger partial charge on any atom is -0.466 e. The highest BCUT2D eigenvalue weighted by Crippen LogP contribution is 2.25. The standard InChI is InChI=1S/C17H25NO3S/c1-13-4-5-15(21-13)6-7-17(19)18(14-8-10-22-12-14)11-16-3-2-9-20-16/h4-5,14,16H,2-3,6-12H2,1H3. The van der Waals surface area contributed by atoms with Crippen molar-refractivity contribution in [1.82, 2.24) is 4.90 Å². The first-order chi connectivity index (χ1) is 10.7. The minimum absolute atomic E-state index is 0.236. The first kappa shape index (κ1) is 15.9. The fourth-order valence-electron chi connectivity index (χ4n) is 3.22. The SMILES string of the molecule is Cc1ccc(CCC(=O)N(CC2CCCO2)C2CCSC2)o1.